The molecule has 0 aromatic heterocycles. The zero-order valence-electron chi connectivity index (χ0n) is 13.2. The lowest BCUT2D eigenvalue weighted by Gasteiger charge is -2.28. The summed E-state index contributed by atoms with van der Waals surface area (Å²) in [4.78, 5) is 36.8. The van der Waals surface area contributed by atoms with Gasteiger partial charge in [0.2, 0.25) is 5.91 Å². The summed E-state index contributed by atoms with van der Waals surface area (Å²) in [7, 11) is 0. The zero-order chi connectivity index (χ0) is 16.8. The summed E-state index contributed by atoms with van der Waals surface area (Å²) in [6.45, 7) is 4.97. The van der Waals surface area contributed by atoms with Crippen molar-refractivity contribution in [1.82, 2.24) is 4.90 Å². The molecule has 7 heteroatoms. The topological polar surface area (TPSA) is 84.9 Å². The van der Waals surface area contributed by atoms with Gasteiger partial charge in [-0.05, 0) is 31.2 Å². The summed E-state index contributed by atoms with van der Waals surface area (Å²) in [5, 5.41) is 2.61. The van der Waals surface area contributed by atoms with E-state index in [0.29, 0.717) is 37.6 Å². The minimum atomic E-state index is -0.851. The van der Waals surface area contributed by atoms with Crippen molar-refractivity contribution in [2.75, 3.05) is 31.6 Å². The van der Waals surface area contributed by atoms with Crippen LogP contribution in [0.3, 0.4) is 0 Å². The van der Waals surface area contributed by atoms with Crippen LogP contribution in [0.1, 0.15) is 24.2 Å². The largest absolute Gasteiger partial charge is 0.449 e. The molecule has 0 saturated carbocycles. The second-order valence-electron chi connectivity index (χ2n) is 5.24. The first-order chi connectivity index (χ1) is 11.0. The number of carbonyl (C=O) groups excluding carboxylic acids is 3. The number of rotatable bonds is 4. The van der Waals surface area contributed by atoms with E-state index in [1.54, 1.807) is 36.1 Å². The van der Waals surface area contributed by atoms with Crippen molar-refractivity contribution >= 4 is 23.5 Å². The average molecular weight is 320 g/mol. The van der Waals surface area contributed by atoms with E-state index in [4.69, 9.17) is 9.47 Å². The van der Waals surface area contributed by atoms with Crippen LogP contribution >= 0.6 is 0 Å². The van der Waals surface area contributed by atoms with E-state index in [-0.39, 0.29) is 11.8 Å². The van der Waals surface area contributed by atoms with Gasteiger partial charge in [-0.2, -0.15) is 0 Å². The number of ether oxygens (including phenoxy) is 2. The fourth-order valence-electron chi connectivity index (χ4n) is 2.21. The molecule has 2 amide bonds. The van der Waals surface area contributed by atoms with Crippen LogP contribution in [0.15, 0.2) is 24.3 Å². The Morgan fingerprint density at radius 1 is 1.17 bits per heavy atom. The second-order valence-corrected chi connectivity index (χ2v) is 5.24. The van der Waals surface area contributed by atoms with Gasteiger partial charge >= 0.3 is 5.97 Å². The van der Waals surface area contributed by atoms with Crippen molar-refractivity contribution < 1.29 is 23.9 Å². The lowest BCUT2D eigenvalue weighted by molar-refractivity contribution is -0.143. The minimum Gasteiger partial charge on any atom is -0.449 e. The summed E-state index contributed by atoms with van der Waals surface area (Å²) in [5.41, 5.74) is 0.909. The van der Waals surface area contributed by atoms with Gasteiger partial charge in [-0.25, -0.2) is 4.79 Å². The second kappa shape index (κ2) is 7.73. The van der Waals surface area contributed by atoms with Crippen LogP contribution in [-0.2, 0) is 19.1 Å². The summed E-state index contributed by atoms with van der Waals surface area (Å²) < 4.78 is 10.4. The molecule has 1 N–H and O–H groups in total. The highest BCUT2D eigenvalue weighted by Gasteiger charge is 2.25. The highest BCUT2D eigenvalue weighted by molar-refractivity contribution is 5.93. The van der Waals surface area contributed by atoms with Crippen molar-refractivity contribution in [3.05, 3.63) is 29.8 Å². The van der Waals surface area contributed by atoms with E-state index in [1.807, 2.05) is 0 Å². The molecule has 1 saturated heterocycles. The molecule has 2 rings (SSSR count). The Hall–Kier alpha value is -2.41. The summed E-state index contributed by atoms with van der Waals surface area (Å²) in [5.74, 6) is -0.991. The Bertz CT molecular complexity index is 579. The lowest BCUT2D eigenvalue weighted by Crippen LogP contribution is -2.46. The van der Waals surface area contributed by atoms with Gasteiger partial charge in [-0.15, -0.1) is 0 Å². The number of nitrogens with one attached hydrogen (secondary N) is 1. The molecule has 124 valence electrons. The maximum absolute atomic E-state index is 12.2. The number of amides is 2. The molecule has 23 heavy (non-hydrogen) atoms. The van der Waals surface area contributed by atoms with Crippen LogP contribution < -0.4 is 5.32 Å². The molecule has 1 atom stereocenters. The van der Waals surface area contributed by atoms with Crippen LogP contribution in [0.5, 0.6) is 0 Å². The van der Waals surface area contributed by atoms with E-state index in [1.165, 1.54) is 6.92 Å². The van der Waals surface area contributed by atoms with Crippen LogP contribution in [0, 0.1) is 0 Å². The average Bonchev–Trinajstić information content (AvgIpc) is 2.55. The SMILES string of the molecule is CC(=O)Nc1ccc(C(=O)OC(C)C(=O)N2CCOCC2)cc1. The van der Waals surface area contributed by atoms with Crippen LogP contribution in [0.4, 0.5) is 5.69 Å². The van der Waals surface area contributed by atoms with Crippen molar-refractivity contribution in [1.29, 1.82) is 0 Å². The van der Waals surface area contributed by atoms with E-state index >= 15 is 0 Å². The van der Waals surface area contributed by atoms with Gasteiger partial charge < -0.3 is 19.7 Å². The van der Waals surface area contributed by atoms with Gasteiger partial charge in [0.05, 0.1) is 18.8 Å². The number of anilines is 1. The number of hydrogen-bond acceptors (Lipinski definition) is 5. The quantitative estimate of drug-likeness (QED) is 0.838. The molecule has 1 aliphatic rings. The number of hydrogen-bond donors (Lipinski definition) is 1. The van der Waals surface area contributed by atoms with Crippen LogP contribution in [0.25, 0.3) is 0 Å². The Labute approximate surface area is 134 Å². The normalized spacial score (nSPS) is 15.7. The fourth-order valence-corrected chi connectivity index (χ4v) is 2.21. The zero-order valence-corrected chi connectivity index (χ0v) is 13.2. The highest BCUT2D eigenvalue weighted by Crippen LogP contribution is 2.12. The first-order valence-corrected chi connectivity index (χ1v) is 7.42. The molecule has 0 aliphatic carbocycles. The van der Waals surface area contributed by atoms with Gasteiger partial charge in [-0.1, -0.05) is 0 Å². The molecule has 1 aromatic carbocycles. The first kappa shape index (κ1) is 17.0. The minimum absolute atomic E-state index is 0.190. The van der Waals surface area contributed by atoms with E-state index in [0.717, 1.165) is 0 Å². The standard InChI is InChI=1S/C16H20N2O5/c1-11(15(20)18-7-9-22-10-8-18)23-16(21)13-3-5-14(6-4-13)17-12(2)19/h3-6,11H,7-10H2,1-2H3,(H,17,19). The van der Waals surface area contributed by atoms with Crippen LogP contribution in [-0.4, -0.2) is 55.1 Å². The Morgan fingerprint density at radius 2 is 1.78 bits per heavy atom. The van der Waals surface area contributed by atoms with Gasteiger partial charge in [0, 0.05) is 25.7 Å². The van der Waals surface area contributed by atoms with Crippen molar-refractivity contribution in [2.45, 2.75) is 20.0 Å². The third-order valence-electron chi connectivity index (χ3n) is 3.40. The van der Waals surface area contributed by atoms with Crippen molar-refractivity contribution in [3.63, 3.8) is 0 Å². The number of esters is 1. The van der Waals surface area contributed by atoms with Crippen molar-refractivity contribution in [2.24, 2.45) is 0 Å². The maximum Gasteiger partial charge on any atom is 0.338 e. The number of carbonyl (C=O) groups is 3. The van der Waals surface area contributed by atoms with E-state index in [9.17, 15) is 14.4 Å². The Kier molecular flexibility index (Phi) is 5.70. The molecular weight excluding hydrogens is 300 g/mol. The predicted molar refractivity (Wildman–Crippen MR) is 83.0 cm³/mol. The molecule has 1 fully saturated rings. The predicted octanol–water partition coefficient (Wildman–Crippen LogP) is 1.05. The third kappa shape index (κ3) is 4.79. The maximum atomic E-state index is 12.2. The molecule has 1 aliphatic heterocycles. The molecule has 0 spiro atoms. The summed E-state index contributed by atoms with van der Waals surface area (Å²) in [6, 6.07) is 6.29. The van der Waals surface area contributed by atoms with Gasteiger partial charge in [0.15, 0.2) is 6.10 Å². The molecule has 1 heterocycles. The Balaban J connectivity index is 1.92. The lowest BCUT2D eigenvalue weighted by atomic mass is 10.2. The third-order valence-corrected chi connectivity index (χ3v) is 3.40. The molecule has 1 unspecified atom stereocenters. The number of nitrogens with zero attached hydrogens (tertiary/aromatic N) is 1. The van der Waals surface area contributed by atoms with Gasteiger partial charge in [-0.3, -0.25) is 9.59 Å². The molecule has 0 radical (unpaired) electrons. The van der Waals surface area contributed by atoms with Crippen molar-refractivity contribution in [3.8, 4) is 0 Å². The smallest absolute Gasteiger partial charge is 0.338 e. The molecule has 1 aromatic rings. The van der Waals surface area contributed by atoms with Gasteiger partial charge in [0.25, 0.3) is 5.91 Å². The van der Waals surface area contributed by atoms with E-state index in [2.05, 4.69) is 5.32 Å². The monoisotopic (exact) mass is 320 g/mol. The molecule has 0 bridgehead atoms. The number of morpholine rings is 1. The summed E-state index contributed by atoms with van der Waals surface area (Å²) in [6.07, 6.45) is -0.851. The number of benzene rings is 1. The van der Waals surface area contributed by atoms with Crippen LogP contribution in [0.2, 0.25) is 0 Å². The highest BCUT2D eigenvalue weighted by atomic mass is 16.5. The Morgan fingerprint density at radius 3 is 2.35 bits per heavy atom. The molecular formula is C16H20N2O5. The van der Waals surface area contributed by atoms with E-state index < -0.39 is 12.1 Å². The fraction of sp³-hybridized carbons (Fsp3) is 0.438. The first-order valence-electron chi connectivity index (χ1n) is 7.42. The molecule has 7 nitrogen and oxygen atoms in total. The summed E-state index contributed by atoms with van der Waals surface area (Å²) >= 11 is 0. The van der Waals surface area contributed by atoms with Gasteiger partial charge in [0.1, 0.15) is 0 Å².